The summed E-state index contributed by atoms with van der Waals surface area (Å²) in [5.41, 5.74) is 0.855. The normalized spacial score (nSPS) is 23.9. The number of halogens is 3. The Labute approximate surface area is 175 Å². The van der Waals surface area contributed by atoms with Gasteiger partial charge in [-0.1, -0.05) is 24.3 Å². The van der Waals surface area contributed by atoms with Crippen molar-refractivity contribution in [1.82, 2.24) is 24.6 Å². The van der Waals surface area contributed by atoms with E-state index < -0.39 is 29.3 Å². The zero-order chi connectivity index (χ0) is 21.8. The molecule has 1 fully saturated rings. The highest BCUT2D eigenvalue weighted by atomic mass is 19.4. The third kappa shape index (κ3) is 3.35. The van der Waals surface area contributed by atoms with Gasteiger partial charge in [0.05, 0.1) is 23.4 Å². The van der Waals surface area contributed by atoms with Crippen molar-refractivity contribution in [3.63, 3.8) is 0 Å². The number of fused-ring (bicyclic) bond motifs is 2. The molecule has 10 heteroatoms. The first kappa shape index (κ1) is 20.0. The number of carbonyl (C=O) groups is 1. The van der Waals surface area contributed by atoms with Gasteiger partial charge in [-0.05, 0) is 24.0 Å². The summed E-state index contributed by atoms with van der Waals surface area (Å²) in [6, 6.07) is 8.04. The first-order valence-corrected chi connectivity index (χ1v) is 9.96. The molecule has 0 radical (unpaired) electrons. The molecule has 0 bridgehead atoms. The van der Waals surface area contributed by atoms with E-state index in [1.807, 2.05) is 24.3 Å². The maximum atomic E-state index is 13.1. The van der Waals surface area contributed by atoms with Gasteiger partial charge < -0.3 is 15.3 Å². The van der Waals surface area contributed by atoms with Crippen LogP contribution in [0.5, 0.6) is 0 Å². The zero-order valence-electron chi connectivity index (χ0n) is 16.4. The van der Waals surface area contributed by atoms with Crippen molar-refractivity contribution in [3.8, 4) is 0 Å². The molecule has 2 aliphatic heterocycles. The number of carbonyl (C=O) groups excluding carboxylic acids is 1. The van der Waals surface area contributed by atoms with Crippen LogP contribution in [-0.2, 0) is 19.1 Å². The van der Waals surface area contributed by atoms with E-state index in [2.05, 4.69) is 15.3 Å². The molecule has 1 amide bonds. The summed E-state index contributed by atoms with van der Waals surface area (Å²) in [5.74, 6) is -0.477. The van der Waals surface area contributed by atoms with Gasteiger partial charge >= 0.3 is 6.18 Å². The van der Waals surface area contributed by atoms with Gasteiger partial charge in [0, 0.05) is 32.0 Å². The van der Waals surface area contributed by atoms with E-state index in [1.54, 1.807) is 0 Å². The van der Waals surface area contributed by atoms with Crippen LogP contribution in [0, 0.1) is 0 Å². The van der Waals surface area contributed by atoms with Crippen LogP contribution in [0.4, 0.5) is 13.2 Å². The van der Waals surface area contributed by atoms with Gasteiger partial charge in [0.1, 0.15) is 5.69 Å². The number of amides is 1. The quantitative estimate of drug-likeness (QED) is 0.616. The summed E-state index contributed by atoms with van der Waals surface area (Å²) in [6.45, 7) is 1.08. The standard InChI is InChI=1S/C21H20F3N5O2/c22-21(23,24)15-9-25-19-26-10-16(29(19)11-15)18(31)28-6-5-20(17(30)12-28)7-13-3-1-2-4-14(13)8-27-20/h1-4,9-11,17,27,30H,5-8,12H2/t17-,20+/m1/s1. The van der Waals surface area contributed by atoms with E-state index in [1.165, 1.54) is 22.2 Å². The summed E-state index contributed by atoms with van der Waals surface area (Å²) in [7, 11) is 0. The Morgan fingerprint density at radius 3 is 2.68 bits per heavy atom. The number of rotatable bonds is 1. The Balaban J connectivity index is 1.38. The second kappa shape index (κ2) is 7.03. The minimum atomic E-state index is -4.58. The van der Waals surface area contributed by atoms with Crippen LogP contribution in [0.3, 0.4) is 0 Å². The van der Waals surface area contributed by atoms with E-state index in [0.29, 0.717) is 32.1 Å². The summed E-state index contributed by atoms with van der Waals surface area (Å²) in [6.07, 6.45) is -1.49. The lowest BCUT2D eigenvalue weighted by molar-refractivity contribution is -0.138. The molecule has 5 rings (SSSR count). The average Bonchev–Trinajstić information content (AvgIpc) is 3.18. The maximum Gasteiger partial charge on any atom is 0.419 e. The highest BCUT2D eigenvalue weighted by Gasteiger charge is 2.45. The molecule has 4 heterocycles. The molecule has 162 valence electrons. The maximum absolute atomic E-state index is 13.1. The molecule has 2 atom stereocenters. The highest BCUT2D eigenvalue weighted by molar-refractivity contribution is 5.93. The minimum Gasteiger partial charge on any atom is -0.389 e. The highest BCUT2D eigenvalue weighted by Crippen LogP contribution is 2.33. The molecule has 0 unspecified atom stereocenters. The second-order valence-electron chi connectivity index (χ2n) is 8.13. The predicted molar refractivity (Wildman–Crippen MR) is 104 cm³/mol. The Kier molecular flexibility index (Phi) is 4.52. The molecule has 1 aromatic carbocycles. The van der Waals surface area contributed by atoms with Gasteiger partial charge in [0.15, 0.2) is 0 Å². The van der Waals surface area contributed by atoms with Crippen LogP contribution < -0.4 is 5.32 Å². The van der Waals surface area contributed by atoms with Gasteiger partial charge in [0.25, 0.3) is 5.91 Å². The summed E-state index contributed by atoms with van der Waals surface area (Å²) >= 11 is 0. The number of alkyl halides is 3. The smallest absolute Gasteiger partial charge is 0.389 e. The first-order chi connectivity index (χ1) is 14.8. The average molecular weight is 431 g/mol. The van der Waals surface area contributed by atoms with Crippen LogP contribution in [0.15, 0.2) is 42.9 Å². The van der Waals surface area contributed by atoms with Crippen LogP contribution in [0.2, 0.25) is 0 Å². The van der Waals surface area contributed by atoms with Crippen LogP contribution in [0.25, 0.3) is 5.78 Å². The molecular formula is C21H20F3N5O2. The summed E-state index contributed by atoms with van der Waals surface area (Å²) in [4.78, 5) is 22.2. The topological polar surface area (TPSA) is 82.8 Å². The number of imidazole rings is 1. The molecule has 7 nitrogen and oxygen atoms in total. The van der Waals surface area contributed by atoms with Gasteiger partial charge in [-0.2, -0.15) is 13.2 Å². The minimum absolute atomic E-state index is 0.0101. The third-order valence-corrected chi connectivity index (χ3v) is 6.31. The number of hydrogen-bond acceptors (Lipinski definition) is 5. The fourth-order valence-electron chi connectivity index (χ4n) is 4.49. The number of piperidine rings is 1. The van der Waals surface area contributed by atoms with Crippen LogP contribution >= 0.6 is 0 Å². The molecule has 0 saturated carbocycles. The van der Waals surface area contributed by atoms with E-state index in [4.69, 9.17) is 0 Å². The molecular weight excluding hydrogens is 411 g/mol. The number of nitrogens with one attached hydrogen (secondary N) is 1. The van der Waals surface area contributed by atoms with Gasteiger partial charge in [-0.15, -0.1) is 0 Å². The zero-order valence-corrected chi connectivity index (χ0v) is 16.4. The van der Waals surface area contributed by atoms with Crippen molar-refractivity contribution in [1.29, 1.82) is 0 Å². The number of aromatic nitrogens is 3. The van der Waals surface area contributed by atoms with E-state index in [0.717, 1.165) is 10.6 Å². The fraction of sp³-hybridized carbons (Fsp3) is 0.381. The molecule has 1 spiro atoms. The number of aliphatic hydroxyl groups excluding tert-OH is 1. The number of hydrogen-bond donors (Lipinski definition) is 2. The Hall–Kier alpha value is -2.98. The largest absolute Gasteiger partial charge is 0.419 e. The lowest BCUT2D eigenvalue weighted by Gasteiger charge is -2.48. The monoisotopic (exact) mass is 431 g/mol. The van der Waals surface area contributed by atoms with Crippen LogP contribution in [0.1, 0.15) is 33.6 Å². The van der Waals surface area contributed by atoms with Crippen molar-refractivity contribution < 1.29 is 23.1 Å². The van der Waals surface area contributed by atoms with E-state index >= 15 is 0 Å². The van der Waals surface area contributed by atoms with Crippen molar-refractivity contribution in [2.45, 2.75) is 37.2 Å². The Morgan fingerprint density at radius 2 is 1.94 bits per heavy atom. The fourth-order valence-corrected chi connectivity index (χ4v) is 4.49. The molecule has 31 heavy (non-hydrogen) atoms. The van der Waals surface area contributed by atoms with Crippen molar-refractivity contribution in [2.75, 3.05) is 13.1 Å². The molecule has 2 N–H and O–H groups in total. The number of benzene rings is 1. The first-order valence-electron chi connectivity index (χ1n) is 9.96. The molecule has 1 saturated heterocycles. The lowest BCUT2D eigenvalue weighted by atomic mass is 9.76. The van der Waals surface area contributed by atoms with Crippen molar-refractivity contribution >= 4 is 11.7 Å². The Morgan fingerprint density at radius 1 is 1.19 bits per heavy atom. The number of nitrogens with zero attached hydrogens (tertiary/aromatic N) is 4. The van der Waals surface area contributed by atoms with Crippen molar-refractivity contribution in [3.05, 3.63) is 65.2 Å². The lowest BCUT2D eigenvalue weighted by Crippen LogP contribution is -2.65. The van der Waals surface area contributed by atoms with E-state index in [-0.39, 0.29) is 18.0 Å². The molecule has 2 aliphatic rings. The molecule has 0 aliphatic carbocycles. The third-order valence-electron chi connectivity index (χ3n) is 6.31. The molecule has 2 aromatic heterocycles. The number of β-amino-alcohol motifs (C(OH)–C–C–N with tert-alkyl or cyclic N) is 1. The van der Waals surface area contributed by atoms with Gasteiger partial charge in [-0.3, -0.25) is 9.20 Å². The Bertz CT molecular complexity index is 1160. The van der Waals surface area contributed by atoms with E-state index in [9.17, 15) is 23.1 Å². The van der Waals surface area contributed by atoms with Gasteiger partial charge in [0.2, 0.25) is 5.78 Å². The number of likely N-dealkylation sites (tertiary alicyclic amines) is 1. The SMILES string of the molecule is O=C(c1cnc2ncc(C(F)(F)F)cn12)N1CC[C@]2(Cc3ccccc3CN2)[C@H](O)C1. The predicted octanol–water partition coefficient (Wildman–Crippen LogP) is 2.04. The summed E-state index contributed by atoms with van der Waals surface area (Å²) in [5, 5.41) is 14.4. The van der Waals surface area contributed by atoms with Crippen LogP contribution in [-0.4, -0.2) is 55.0 Å². The van der Waals surface area contributed by atoms with Gasteiger partial charge in [-0.25, -0.2) is 9.97 Å². The number of aliphatic hydroxyl groups is 1. The second-order valence-corrected chi connectivity index (χ2v) is 8.13. The van der Waals surface area contributed by atoms with Crippen molar-refractivity contribution in [2.24, 2.45) is 0 Å². The summed E-state index contributed by atoms with van der Waals surface area (Å²) < 4.78 is 40.2. The molecule has 3 aromatic rings.